The van der Waals surface area contributed by atoms with Crippen molar-refractivity contribution < 1.29 is 9.90 Å². The first kappa shape index (κ1) is 10.7. The van der Waals surface area contributed by atoms with Crippen LogP contribution in [-0.4, -0.2) is 21.0 Å². The van der Waals surface area contributed by atoms with Gasteiger partial charge in [-0.25, -0.2) is 0 Å². The van der Waals surface area contributed by atoms with Gasteiger partial charge in [-0.3, -0.25) is 9.78 Å². The lowest BCUT2D eigenvalue weighted by Gasteiger charge is -1.93. The average Bonchev–Trinajstić information content (AvgIpc) is 2.62. The normalized spacial score (nSPS) is 9.81. The van der Waals surface area contributed by atoms with Crippen LogP contribution in [0.3, 0.4) is 0 Å². The van der Waals surface area contributed by atoms with Crippen molar-refractivity contribution in [3.8, 4) is 11.8 Å². The molecule has 0 atom stereocenters. The number of pyridine rings is 1. The fraction of sp³-hybridized carbons (Fsp3) is 0.0909. The van der Waals surface area contributed by atoms with Gasteiger partial charge in [-0.2, -0.15) is 0 Å². The van der Waals surface area contributed by atoms with Crippen LogP contribution in [0.4, 0.5) is 0 Å². The Morgan fingerprint density at radius 2 is 2.38 bits per heavy atom. The number of carboxylic acids is 1. The van der Waals surface area contributed by atoms with Crippen LogP contribution in [0.25, 0.3) is 10.9 Å². The second-order valence-electron chi connectivity index (χ2n) is 3.12. The second-order valence-corrected chi connectivity index (χ2v) is 3.97. The number of aromatic nitrogens is 2. The predicted molar refractivity (Wildman–Crippen MR) is 62.9 cm³/mol. The highest BCUT2D eigenvalue weighted by atomic mass is 79.9. The Hall–Kier alpha value is -1.80. The van der Waals surface area contributed by atoms with Crippen molar-refractivity contribution in [2.45, 2.75) is 6.42 Å². The van der Waals surface area contributed by atoms with Gasteiger partial charge in [0.1, 0.15) is 6.42 Å². The standard InChI is InChI=1S/C11H7BrN2O2/c12-8-5-13-6-9-11(8)7(4-14-9)2-1-3-10(15)16/h4-6,14H,3H2,(H,15,16). The van der Waals surface area contributed by atoms with E-state index >= 15 is 0 Å². The topological polar surface area (TPSA) is 66.0 Å². The SMILES string of the molecule is O=C(O)CC#Cc1c[nH]c2cncc(Br)c12. The number of hydrogen-bond acceptors (Lipinski definition) is 2. The van der Waals surface area contributed by atoms with E-state index in [0.29, 0.717) is 0 Å². The summed E-state index contributed by atoms with van der Waals surface area (Å²) in [6.07, 6.45) is 4.96. The van der Waals surface area contributed by atoms with Gasteiger partial charge in [-0.1, -0.05) is 11.8 Å². The maximum Gasteiger partial charge on any atom is 0.315 e. The van der Waals surface area contributed by atoms with Crippen LogP contribution in [-0.2, 0) is 4.79 Å². The molecule has 0 bridgehead atoms. The number of rotatable bonds is 1. The molecule has 0 aliphatic carbocycles. The Morgan fingerprint density at radius 1 is 1.56 bits per heavy atom. The monoisotopic (exact) mass is 278 g/mol. The van der Waals surface area contributed by atoms with Crippen LogP contribution in [0.5, 0.6) is 0 Å². The van der Waals surface area contributed by atoms with Gasteiger partial charge < -0.3 is 10.1 Å². The minimum absolute atomic E-state index is 0.157. The summed E-state index contributed by atoms with van der Waals surface area (Å²) < 4.78 is 0.839. The Morgan fingerprint density at radius 3 is 3.12 bits per heavy atom. The van der Waals surface area contributed by atoms with Crippen molar-refractivity contribution in [2.24, 2.45) is 0 Å². The predicted octanol–water partition coefficient (Wildman–Crippen LogP) is 2.15. The van der Waals surface area contributed by atoms with Crippen LogP contribution in [0.15, 0.2) is 23.1 Å². The second kappa shape index (κ2) is 4.37. The molecule has 0 saturated carbocycles. The van der Waals surface area contributed by atoms with Gasteiger partial charge in [0, 0.05) is 22.3 Å². The molecule has 80 valence electrons. The van der Waals surface area contributed by atoms with Crippen molar-refractivity contribution in [1.82, 2.24) is 9.97 Å². The molecule has 0 spiro atoms. The van der Waals surface area contributed by atoms with E-state index in [9.17, 15) is 4.79 Å². The van der Waals surface area contributed by atoms with Gasteiger partial charge in [0.05, 0.1) is 17.3 Å². The van der Waals surface area contributed by atoms with Crippen LogP contribution in [0.2, 0.25) is 0 Å². The molecule has 2 rings (SSSR count). The van der Waals surface area contributed by atoms with Gasteiger partial charge in [-0.05, 0) is 15.9 Å². The molecule has 4 nitrogen and oxygen atoms in total. The Balaban J connectivity index is 2.44. The van der Waals surface area contributed by atoms with E-state index in [4.69, 9.17) is 5.11 Å². The number of aliphatic carboxylic acids is 1. The minimum Gasteiger partial charge on any atom is -0.481 e. The zero-order valence-corrected chi connectivity index (χ0v) is 9.71. The van der Waals surface area contributed by atoms with E-state index < -0.39 is 5.97 Å². The van der Waals surface area contributed by atoms with Gasteiger partial charge in [0.15, 0.2) is 0 Å². The first-order valence-corrected chi connectivity index (χ1v) is 5.29. The molecule has 0 unspecified atom stereocenters. The number of halogens is 1. The molecule has 16 heavy (non-hydrogen) atoms. The van der Waals surface area contributed by atoms with Gasteiger partial charge in [-0.15, -0.1) is 0 Å². The minimum atomic E-state index is -0.923. The van der Waals surface area contributed by atoms with Gasteiger partial charge in [0.2, 0.25) is 0 Å². The highest BCUT2D eigenvalue weighted by molar-refractivity contribution is 9.10. The average molecular weight is 279 g/mol. The molecule has 2 aromatic rings. The van der Waals surface area contributed by atoms with Gasteiger partial charge in [0.25, 0.3) is 0 Å². The first-order chi connectivity index (χ1) is 7.68. The molecule has 0 fully saturated rings. The van der Waals surface area contributed by atoms with Crippen molar-refractivity contribution in [1.29, 1.82) is 0 Å². The highest BCUT2D eigenvalue weighted by Crippen LogP contribution is 2.24. The van der Waals surface area contributed by atoms with E-state index in [0.717, 1.165) is 20.9 Å². The number of hydrogen-bond donors (Lipinski definition) is 2. The molecule has 0 radical (unpaired) electrons. The summed E-state index contributed by atoms with van der Waals surface area (Å²) in [5.74, 6) is 4.49. The van der Waals surface area contributed by atoms with E-state index in [-0.39, 0.29) is 6.42 Å². The molecule has 0 aromatic carbocycles. The number of nitrogens with one attached hydrogen (secondary N) is 1. The van der Waals surface area contributed by atoms with Crippen molar-refractivity contribution in [3.63, 3.8) is 0 Å². The summed E-state index contributed by atoms with van der Waals surface area (Å²) in [7, 11) is 0. The lowest BCUT2D eigenvalue weighted by molar-refractivity contribution is -0.135. The number of carbonyl (C=O) groups is 1. The number of nitrogens with zero attached hydrogens (tertiary/aromatic N) is 1. The summed E-state index contributed by atoms with van der Waals surface area (Å²) in [6.45, 7) is 0. The number of carboxylic acid groups (broad SMARTS) is 1. The number of fused-ring (bicyclic) bond motifs is 1. The lowest BCUT2D eigenvalue weighted by Crippen LogP contribution is -1.90. The molecule has 2 N–H and O–H groups in total. The van der Waals surface area contributed by atoms with E-state index in [2.05, 4.69) is 37.7 Å². The third kappa shape index (κ3) is 2.07. The maximum absolute atomic E-state index is 10.3. The summed E-state index contributed by atoms with van der Waals surface area (Å²) in [5.41, 5.74) is 1.64. The summed E-state index contributed by atoms with van der Waals surface area (Å²) in [4.78, 5) is 17.4. The van der Waals surface area contributed by atoms with Crippen LogP contribution in [0.1, 0.15) is 12.0 Å². The Kier molecular flexibility index (Phi) is 2.93. The summed E-state index contributed by atoms with van der Waals surface area (Å²) >= 11 is 3.38. The van der Waals surface area contributed by atoms with Crippen molar-refractivity contribution in [2.75, 3.05) is 0 Å². The lowest BCUT2D eigenvalue weighted by atomic mass is 10.2. The van der Waals surface area contributed by atoms with E-state index in [1.54, 1.807) is 18.6 Å². The summed E-state index contributed by atoms with van der Waals surface area (Å²) in [6, 6.07) is 0. The fourth-order valence-electron chi connectivity index (χ4n) is 1.35. The highest BCUT2D eigenvalue weighted by Gasteiger charge is 2.05. The third-order valence-electron chi connectivity index (χ3n) is 2.00. The van der Waals surface area contributed by atoms with Crippen LogP contribution < -0.4 is 0 Å². The zero-order chi connectivity index (χ0) is 11.5. The van der Waals surface area contributed by atoms with Crippen LogP contribution >= 0.6 is 15.9 Å². The Labute approximate surface area is 99.8 Å². The fourth-order valence-corrected chi connectivity index (χ4v) is 1.90. The first-order valence-electron chi connectivity index (χ1n) is 4.49. The Bertz CT molecular complexity index is 607. The molecule has 0 amide bonds. The van der Waals surface area contributed by atoms with E-state index in [1.165, 1.54) is 0 Å². The van der Waals surface area contributed by atoms with Gasteiger partial charge >= 0.3 is 5.97 Å². The third-order valence-corrected chi connectivity index (χ3v) is 2.60. The molecule has 0 aliphatic heterocycles. The maximum atomic E-state index is 10.3. The molecule has 0 saturated heterocycles. The van der Waals surface area contributed by atoms with Crippen LogP contribution in [0, 0.1) is 11.8 Å². The van der Waals surface area contributed by atoms with Crippen molar-refractivity contribution >= 4 is 32.8 Å². The molecular weight excluding hydrogens is 272 g/mol. The largest absolute Gasteiger partial charge is 0.481 e. The molecular formula is C11H7BrN2O2. The molecule has 5 heteroatoms. The summed E-state index contributed by atoms with van der Waals surface area (Å²) in [5, 5.41) is 9.40. The molecule has 2 aromatic heterocycles. The quantitative estimate of drug-likeness (QED) is 0.786. The molecule has 2 heterocycles. The molecule has 0 aliphatic rings. The number of aromatic amines is 1. The number of H-pyrrole nitrogens is 1. The van der Waals surface area contributed by atoms with Crippen molar-refractivity contribution in [3.05, 3.63) is 28.6 Å². The zero-order valence-electron chi connectivity index (χ0n) is 8.12. The van der Waals surface area contributed by atoms with E-state index in [1.807, 2.05) is 0 Å². The smallest absolute Gasteiger partial charge is 0.315 e.